The van der Waals surface area contributed by atoms with Gasteiger partial charge in [0.05, 0.1) is 5.56 Å². The Hall–Kier alpha value is -2.89. The van der Waals surface area contributed by atoms with Crippen LogP contribution >= 0.6 is 0 Å². The monoisotopic (exact) mass is 379 g/mol. The summed E-state index contributed by atoms with van der Waals surface area (Å²) in [5, 5.41) is 0. The number of rotatable bonds is 4. The molecule has 1 aromatic heterocycles. The van der Waals surface area contributed by atoms with Crippen LogP contribution < -0.4 is 4.74 Å². The number of nitrogens with zero attached hydrogens (tertiary/aromatic N) is 3. The van der Waals surface area contributed by atoms with Gasteiger partial charge in [0.2, 0.25) is 0 Å². The average Bonchev–Trinajstić information content (AvgIpc) is 3.05. The lowest BCUT2D eigenvalue weighted by molar-refractivity contribution is -0.137. The zero-order valence-corrected chi connectivity index (χ0v) is 16.1. The fourth-order valence-electron chi connectivity index (χ4n) is 4.09. The van der Waals surface area contributed by atoms with E-state index in [1.807, 2.05) is 41.0 Å². The molecule has 0 aliphatic carbocycles. The standard InChI is InChI=1S/C22H25N3O3/c1-16-4-8-20(9-5-16)28-15-21(26)25-13-17-6-7-19(25)14-24(12-17)22(27)18-3-2-10-23-11-18/h2-5,8-11,17,19H,6-7,12-15H2,1H3/t17-,19+/m0/s1. The van der Waals surface area contributed by atoms with Crippen LogP contribution in [0.5, 0.6) is 5.75 Å². The van der Waals surface area contributed by atoms with Gasteiger partial charge in [-0.05, 0) is 49.9 Å². The molecule has 3 saturated heterocycles. The van der Waals surface area contributed by atoms with Crippen LogP contribution in [0.4, 0.5) is 0 Å². The Morgan fingerprint density at radius 3 is 2.68 bits per heavy atom. The average molecular weight is 379 g/mol. The van der Waals surface area contributed by atoms with Gasteiger partial charge in [-0.15, -0.1) is 0 Å². The molecule has 146 valence electrons. The number of benzene rings is 1. The van der Waals surface area contributed by atoms with Crippen molar-refractivity contribution in [1.82, 2.24) is 14.8 Å². The minimum absolute atomic E-state index is 0.00444. The molecule has 0 spiro atoms. The highest BCUT2D eigenvalue weighted by atomic mass is 16.5. The van der Waals surface area contributed by atoms with E-state index in [1.54, 1.807) is 24.5 Å². The normalized spacial score (nSPS) is 21.3. The van der Waals surface area contributed by atoms with Crippen molar-refractivity contribution in [3.8, 4) is 5.75 Å². The summed E-state index contributed by atoms with van der Waals surface area (Å²) in [5.41, 5.74) is 1.76. The molecule has 6 heteroatoms. The first-order chi connectivity index (χ1) is 13.6. The summed E-state index contributed by atoms with van der Waals surface area (Å²) in [6.45, 7) is 4.00. The van der Waals surface area contributed by atoms with E-state index in [1.165, 1.54) is 0 Å². The maximum absolute atomic E-state index is 12.8. The van der Waals surface area contributed by atoms with Gasteiger partial charge in [-0.1, -0.05) is 17.7 Å². The van der Waals surface area contributed by atoms with Crippen LogP contribution in [0.2, 0.25) is 0 Å². The number of aromatic nitrogens is 1. The first-order valence-electron chi connectivity index (χ1n) is 9.78. The molecule has 28 heavy (non-hydrogen) atoms. The number of ether oxygens (including phenoxy) is 1. The van der Waals surface area contributed by atoms with Crippen LogP contribution in [0.15, 0.2) is 48.8 Å². The zero-order valence-electron chi connectivity index (χ0n) is 16.1. The molecule has 0 N–H and O–H groups in total. The topological polar surface area (TPSA) is 62.7 Å². The Balaban J connectivity index is 1.41. The zero-order chi connectivity index (χ0) is 19.5. The Labute approximate surface area is 165 Å². The maximum Gasteiger partial charge on any atom is 0.260 e. The highest BCUT2D eigenvalue weighted by molar-refractivity contribution is 5.94. The van der Waals surface area contributed by atoms with Crippen LogP contribution in [0, 0.1) is 12.8 Å². The molecular formula is C22H25N3O3. The smallest absolute Gasteiger partial charge is 0.260 e. The van der Waals surface area contributed by atoms with Gasteiger partial charge in [-0.3, -0.25) is 14.6 Å². The predicted molar refractivity (Wildman–Crippen MR) is 105 cm³/mol. The Bertz CT molecular complexity index is 838. The molecule has 0 saturated carbocycles. The van der Waals surface area contributed by atoms with E-state index in [0.717, 1.165) is 18.4 Å². The minimum atomic E-state index is -0.00838. The first kappa shape index (κ1) is 18.5. The second kappa shape index (κ2) is 8.00. The van der Waals surface area contributed by atoms with Crippen molar-refractivity contribution >= 4 is 11.8 Å². The second-order valence-electron chi connectivity index (χ2n) is 7.70. The van der Waals surface area contributed by atoms with E-state index < -0.39 is 0 Å². The minimum Gasteiger partial charge on any atom is -0.484 e. The number of fused-ring (bicyclic) bond motifs is 4. The SMILES string of the molecule is Cc1ccc(OCC(=O)N2C[C@H]3CC[C@@H]2CN(C(=O)c2cccnc2)C3)cc1. The van der Waals surface area contributed by atoms with Crippen molar-refractivity contribution in [2.24, 2.45) is 5.92 Å². The van der Waals surface area contributed by atoms with Crippen molar-refractivity contribution < 1.29 is 14.3 Å². The van der Waals surface area contributed by atoms with Crippen LogP contribution in [0.3, 0.4) is 0 Å². The number of pyridine rings is 1. The molecular weight excluding hydrogens is 354 g/mol. The lowest BCUT2D eigenvalue weighted by Crippen LogP contribution is -2.49. The molecule has 4 heterocycles. The first-order valence-corrected chi connectivity index (χ1v) is 9.78. The molecule has 0 radical (unpaired) electrons. The van der Waals surface area contributed by atoms with Crippen molar-refractivity contribution in [1.29, 1.82) is 0 Å². The van der Waals surface area contributed by atoms with Crippen molar-refractivity contribution in [3.05, 3.63) is 59.9 Å². The van der Waals surface area contributed by atoms with Gasteiger partial charge in [0.25, 0.3) is 11.8 Å². The summed E-state index contributed by atoms with van der Waals surface area (Å²) in [7, 11) is 0. The lowest BCUT2D eigenvalue weighted by Gasteiger charge is -2.36. The van der Waals surface area contributed by atoms with Gasteiger partial charge >= 0.3 is 0 Å². The molecule has 2 amide bonds. The Morgan fingerprint density at radius 1 is 1.11 bits per heavy atom. The quantitative estimate of drug-likeness (QED) is 0.819. The molecule has 6 nitrogen and oxygen atoms in total. The number of carbonyl (C=O) groups excluding carboxylic acids is 2. The molecule has 3 fully saturated rings. The Kier molecular flexibility index (Phi) is 5.28. The molecule has 5 rings (SSSR count). The van der Waals surface area contributed by atoms with E-state index >= 15 is 0 Å². The number of amides is 2. The lowest BCUT2D eigenvalue weighted by atomic mass is 9.95. The number of piperidine rings is 1. The van der Waals surface area contributed by atoms with E-state index in [-0.39, 0.29) is 24.5 Å². The van der Waals surface area contributed by atoms with Crippen molar-refractivity contribution in [2.45, 2.75) is 25.8 Å². The largest absolute Gasteiger partial charge is 0.484 e. The van der Waals surface area contributed by atoms with Gasteiger partial charge in [0.15, 0.2) is 6.61 Å². The number of aryl methyl sites for hydroxylation is 1. The van der Waals surface area contributed by atoms with Crippen LogP contribution in [0.1, 0.15) is 28.8 Å². The molecule has 0 unspecified atom stereocenters. The number of carbonyl (C=O) groups is 2. The summed E-state index contributed by atoms with van der Waals surface area (Å²) in [6.07, 6.45) is 5.24. The third-order valence-electron chi connectivity index (χ3n) is 5.61. The van der Waals surface area contributed by atoms with Gasteiger partial charge in [0, 0.05) is 38.1 Å². The third-order valence-corrected chi connectivity index (χ3v) is 5.61. The Morgan fingerprint density at radius 2 is 1.93 bits per heavy atom. The maximum atomic E-state index is 12.8. The highest BCUT2D eigenvalue weighted by Gasteiger charge is 2.38. The summed E-state index contributed by atoms with van der Waals surface area (Å²) in [4.78, 5) is 33.5. The van der Waals surface area contributed by atoms with E-state index in [9.17, 15) is 9.59 Å². The van der Waals surface area contributed by atoms with Crippen LogP contribution in [0.25, 0.3) is 0 Å². The highest BCUT2D eigenvalue weighted by Crippen LogP contribution is 2.29. The summed E-state index contributed by atoms with van der Waals surface area (Å²) in [6, 6.07) is 11.3. The van der Waals surface area contributed by atoms with E-state index in [0.29, 0.717) is 36.9 Å². The van der Waals surface area contributed by atoms with Gasteiger partial charge in [0.1, 0.15) is 5.75 Å². The fourth-order valence-corrected chi connectivity index (χ4v) is 4.09. The van der Waals surface area contributed by atoms with Gasteiger partial charge < -0.3 is 14.5 Å². The molecule has 3 aliphatic rings. The van der Waals surface area contributed by atoms with E-state index in [2.05, 4.69) is 4.98 Å². The summed E-state index contributed by atoms with van der Waals surface area (Å²) < 4.78 is 5.69. The van der Waals surface area contributed by atoms with Crippen LogP contribution in [-0.4, -0.2) is 58.9 Å². The van der Waals surface area contributed by atoms with Gasteiger partial charge in [-0.25, -0.2) is 0 Å². The van der Waals surface area contributed by atoms with E-state index in [4.69, 9.17) is 4.74 Å². The van der Waals surface area contributed by atoms with Gasteiger partial charge in [-0.2, -0.15) is 0 Å². The molecule has 2 atom stereocenters. The molecule has 2 bridgehead atoms. The summed E-state index contributed by atoms with van der Waals surface area (Å²) >= 11 is 0. The fraction of sp³-hybridized carbons (Fsp3) is 0.409. The van der Waals surface area contributed by atoms with Crippen molar-refractivity contribution in [3.63, 3.8) is 0 Å². The predicted octanol–water partition coefficient (Wildman–Crippen LogP) is 2.53. The summed E-state index contributed by atoms with van der Waals surface area (Å²) in [5.74, 6) is 0.996. The number of hydrogen-bond donors (Lipinski definition) is 0. The van der Waals surface area contributed by atoms with Crippen molar-refractivity contribution in [2.75, 3.05) is 26.2 Å². The molecule has 3 aliphatic heterocycles. The molecule has 1 aromatic carbocycles. The molecule has 2 aromatic rings. The third kappa shape index (κ3) is 4.01. The second-order valence-corrected chi connectivity index (χ2v) is 7.70. The number of hydrogen-bond acceptors (Lipinski definition) is 4. The van der Waals surface area contributed by atoms with Crippen LogP contribution in [-0.2, 0) is 4.79 Å².